The zero-order chi connectivity index (χ0) is 13.9. The Balaban J connectivity index is 2.01. The third-order valence-corrected chi connectivity index (χ3v) is 5.96. The normalized spacial score (nSPS) is 11.6. The fraction of sp³-hybridized carbons (Fsp3) is 0.333. The van der Waals surface area contributed by atoms with Gasteiger partial charge < -0.3 is 0 Å². The molecule has 0 aliphatic carbocycles. The summed E-state index contributed by atoms with van der Waals surface area (Å²) in [6.07, 6.45) is 1.82. The number of thioether (sulfide) groups is 1. The number of aromatic nitrogens is 2. The predicted octanol–water partition coefficient (Wildman–Crippen LogP) is 3.62. The number of rotatable bonds is 4. The van der Waals surface area contributed by atoms with Gasteiger partial charge in [-0.1, -0.05) is 60.9 Å². The molecule has 100 valence electrons. The van der Waals surface area contributed by atoms with Gasteiger partial charge in [0.15, 0.2) is 5.16 Å². The monoisotopic (exact) mass is 288 g/mol. The molecule has 2 aromatic rings. The van der Waals surface area contributed by atoms with Gasteiger partial charge in [0, 0.05) is 17.6 Å². The molecule has 0 unspecified atom stereocenters. The second-order valence-electron chi connectivity index (χ2n) is 5.72. The van der Waals surface area contributed by atoms with Crippen molar-refractivity contribution in [3.63, 3.8) is 0 Å². The Labute approximate surface area is 120 Å². The van der Waals surface area contributed by atoms with Crippen molar-refractivity contribution in [2.45, 2.75) is 37.5 Å². The van der Waals surface area contributed by atoms with Crippen LogP contribution < -0.4 is 5.19 Å². The van der Waals surface area contributed by atoms with E-state index in [-0.39, 0.29) is 0 Å². The minimum Gasteiger partial charge on any atom is -0.231 e. The van der Waals surface area contributed by atoms with E-state index in [9.17, 15) is 0 Å². The molecule has 19 heavy (non-hydrogen) atoms. The average molecular weight is 288 g/mol. The molecule has 0 fully saturated rings. The third-order valence-electron chi connectivity index (χ3n) is 2.96. The van der Waals surface area contributed by atoms with Crippen LogP contribution in [0.15, 0.2) is 41.7 Å². The van der Waals surface area contributed by atoms with Crippen molar-refractivity contribution in [3.8, 4) is 0 Å². The summed E-state index contributed by atoms with van der Waals surface area (Å²) in [5, 5.41) is 2.36. The average Bonchev–Trinajstić information content (AvgIpc) is 2.36. The Kier molecular flexibility index (Phi) is 4.42. The van der Waals surface area contributed by atoms with Crippen molar-refractivity contribution >= 4 is 25.0 Å². The highest BCUT2D eigenvalue weighted by atomic mass is 32.2. The van der Waals surface area contributed by atoms with Gasteiger partial charge in [-0.2, -0.15) is 0 Å². The van der Waals surface area contributed by atoms with Crippen LogP contribution in [0.25, 0.3) is 0 Å². The van der Waals surface area contributed by atoms with Gasteiger partial charge in [-0.3, -0.25) is 0 Å². The van der Waals surface area contributed by atoms with Crippen LogP contribution in [0.5, 0.6) is 0 Å². The number of nitrogens with zero attached hydrogens (tertiary/aromatic N) is 2. The van der Waals surface area contributed by atoms with Gasteiger partial charge >= 0.3 is 0 Å². The first-order chi connectivity index (χ1) is 8.95. The molecular weight excluding hydrogens is 268 g/mol. The summed E-state index contributed by atoms with van der Waals surface area (Å²) < 4.78 is 0. The first-order valence-corrected chi connectivity index (χ1v) is 11.0. The van der Waals surface area contributed by atoms with Crippen molar-refractivity contribution in [2.24, 2.45) is 0 Å². The smallest absolute Gasteiger partial charge is 0.188 e. The molecule has 2 rings (SSSR count). The summed E-state index contributed by atoms with van der Waals surface area (Å²) in [6, 6.07) is 10.9. The first-order valence-electron chi connectivity index (χ1n) is 6.47. The lowest BCUT2D eigenvalue weighted by Crippen LogP contribution is -2.37. The van der Waals surface area contributed by atoms with E-state index in [1.54, 1.807) is 11.8 Å². The van der Waals surface area contributed by atoms with E-state index in [4.69, 9.17) is 0 Å². The fourth-order valence-electron chi connectivity index (χ4n) is 1.74. The second kappa shape index (κ2) is 5.88. The van der Waals surface area contributed by atoms with Crippen LogP contribution in [0, 0.1) is 6.92 Å². The van der Waals surface area contributed by atoms with Crippen LogP contribution >= 0.6 is 11.8 Å². The highest BCUT2D eigenvalue weighted by Crippen LogP contribution is 2.18. The first kappa shape index (κ1) is 14.3. The SMILES string of the molecule is Cc1ccnc(SCc2ccc([Si](C)(C)C)cc2)n1. The van der Waals surface area contributed by atoms with Crippen molar-refractivity contribution < 1.29 is 0 Å². The summed E-state index contributed by atoms with van der Waals surface area (Å²) in [5.41, 5.74) is 2.35. The van der Waals surface area contributed by atoms with Gasteiger partial charge in [0.2, 0.25) is 0 Å². The van der Waals surface area contributed by atoms with E-state index in [0.29, 0.717) is 0 Å². The van der Waals surface area contributed by atoms with Gasteiger partial charge in [0.1, 0.15) is 0 Å². The molecule has 0 bridgehead atoms. The lowest BCUT2D eigenvalue weighted by molar-refractivity contribution is 0.932. The fourth-order valence-corrected chi connectivity index (χ4v) is 3.74. The molecule has 1 heterocycles. The van der Waals surface area contributed by atoms with E-state index >= 15 is 0 Å². The number of benzene rings is 1. The molecule has 2 nitrogen and oxygen atoms in total. The molecule has 1 aromatic heterocycles. The van der Waals surface area contributed by atoms with E-state index in [1.165, 1.54) is 10.8 Å². The topological polar surface area (TPSA) is 25.8 Å². The van der Waals surface area contributed by atoms with Crippen molar-refractivity contribution in [3.05, 3.63) is 47.8 Å². The van der Waals surface area contributed by atoms with Crippen molar-refractivity contribution in [2.75, 3.05) is 0 Å². The Bertz CT molecular complexity index is 547. The molecular formula is C15H20N2SSi. The second-order valence-corrected chi connectivity index (χ2v) is 11.7. The Morgan fingerprint density at radius 1 is 1.05 bits per heavy atom. The summed E-state index contributed by atoms with van der Waals surface area (Å²) in [6.45, 7) is 9.11. The minimum absolute atomic E-state index is 0.856. The molecule has 0 amide bonds. The van der Waals surface area contributed by atoms with Gasteiger partial charge in [0.25, 0.3) is 0 Å². The zero-order valence-electron chi connectivity index (χ0n) is 12.0. The highest BCUT2D eigenvalue weighted by molar-refractivity contribution is 7.98. The molecule has 4 heteroatoms. The van der Waals surface area contributed by atoms with Gasteiger partial charge in [-0.05, 0) is 18.6 Å². The quantitative estimate of drug-likeness (QED) is 0.488. The largest absolute Gasteiger partial charge is 0.231 e. The summed E-state index contributed by atoms with van der Waals surface area (Å²) in [4.78, 5) is 8.67. The Morgan fingerprint density at radius 2 is 1.74 bits per heavy atom. The molecule has 0 aliphatic heterocycles. The van der Waals surface area contributed by atoms with Gasteiger partial charge in [-0.25, -0.2) is 9.97 Å². The lowest BCUT2D eigenvalue weighted by atomic mass is 10.2. The van der Waals surface area contributed by atoms with Crippen LogP contribution in [-0.4, -0.2) is 18.0 Å². The zero-order valence-corrected chi connectivity index (χ0v) is 13.8. The molecule has 0 saturated carbocycles. The van der Waals surface area contributed by atoms with Gasteiger partial charge in [-0.15, -0.1) is 0 Å². The number of aryl methyl sites for hydroxylation is 1. The predicted molar refractivity (Wildman–Crippen MR) is 85.8 cm³/mol. The molecule has 0 aliphatic rings. The van der Waals surface area contributed by atoms with E-state index < -0.39 is 8.07 Å². The van der Waals surface area contributed by atoms with Gasteiger partial charge in [0.05, 0.1) is 8.07 Å². The summed E-state index contributed by atoms with van der Waals surface area (Å²) in [7, 11) is -1.18. The third kappa shape index (κ3) is 4.18. The van der Waals surface area contributed by atoms with Crippen molar-refractivity contribution in [1.29, 1.82) is 0 Å². The summed E-state index contributed by atoms with van der Waals surface area (Å²) in [5.74, 6) is 0.926. The lowest BCUT2D eigenvalue weighted by Gasteiger charge is -2.16. The van der Waals surface area contributed by atoms with Crippen LogP contribution in [-0.2, 0) is 5.75 Å². The maximum atomic E-state index is 4.40. The minimum atomic E-state index is -1.18. The Hall–Kier alpha value is -1.13. The molecule has 0 spiro atoms. The van der Waals surface area contributed by atoms with E-state index in [2.05, 4.69) is 53.9 Å². The summed E-state index contributed by atoms with van der Waals surface area (Å²) >= 11 is 1.69. The van der Waals surface area contributed by atoms with E-state index in [1.807, 2.05) is 19.2 Å². The molecule has 1 aromatic carbocycles. The Morgan fingerprint density at radius 3 is 2.32 bits per heavy atom. The van der Waals surface area contributed by atoms with Crippen molar-refractivity contribution in [1.82, 2.24) is 9.97 Å². The van der Waals surface area contributed by atoms with Crippen LogP contribution in [0.1, 0.15) is 11.3 Å². The highest BCUT2D eigenvalue weighted by Gasteiger charge is 2.15. The van der Waals surface area contributed by atoms with Crippen LogP contribution in [0.2, 0.25) is 19.6 Å². The van der Waals surface area contributed by atoms with Crippen LogP contribution in [0.3, 0.4) is 0 Å². The maximum Gasteiger partial charge on any atom is 0.188 e. The van der Waals surface area contributed by atoms with Crippen LogP contribution in [0.4, 0.5) is 0 Å². The standard InChI is InChI=1S/C15H20N2SSi/c1-12-9-10-16-15(17-12)18-11-13-5-7-14(8-6-13)19(2,3)4/h5-10H,11H2,1-4H3. The molecule has 0 atom stereocenters. The maximum absolute atomic E-state index is 4.40. The number of hydrogen-bond donors (Lipinski definition) is 0. The molecule has 0 saturated heterocycles. The molecule has 0 radical (unpaired) electrons. The number of hydrogen-bond acceptors (Lipinski definition) is 3. The van der Waals surface area contributed by atoms with E-state index in [0.717, 1.165) is 16.6 Å². The molecule has 0 N–H and O–H groups in total.